The Morgan fingerprint density at radius 1 is 1.29 bits per heavy atom. The molecule has 1 saturated heterocycles. The number of ether oxygens (including phenoxy) is 1. The standard InChI is InChI=1S/C21H27F3N4O2S/c1-15-6-8-28(9-7-15)17(18-3-2-10-31-18)13-27-20(29)26-12-16-4-5-19(25-11-16)30-14-21(22,23)24/h2-5,10-11,15,17H,6-9,12-14H2,1H3,(H2,26,27,29). The molecule has 10 heteroatoms. The average Bonchev–Trinajstić information content (AvgIpc) is 3.27. The fourth-order valence-corrected chi connectivity index (χ4v) is 4.28. The Balaban J connectivity index is 1.46. The number of hydrogen-bond acceptors (Lipinski definition) is 5. The highest BCUT2D eigenvalue weighted by Crippen LogP contribution is 2.29. The Bertz CT molecular complexity index is 807. The molecule has 1 fully saturated rings. The van der Waals surface area contributed by atoms with Crippen LogP contribution in [0, 0.1) is 5.92 Å². The summed E-state index contributed by atoms with van der Waals surface area (Å²) < 4.78 is 41.1. The SMILES string of the molecule is CC1CCN(C(CNC(=O)NCc2ccc(OCC(F)(F)F)nc2)c2cccs2)CC1. The summed E-state index contributed by atoms with van der Waals surface area (Å²) in [6.45, 7) is 3.63. The van der Waals surface area contributed by atoms with Crippen LogP contribution in [-0.4, -0.2) is 48.3 Å². The van der Waals surface area contributed by atoms with Crippen LogP contribution in [0.5, 0.6) is 5.88 Å². The second-order valence-corrected chi connectivity index (χ2v) is 8.70. The summed E-state index contributed by atoms with van der Waals surface area (Å²) in [5.41, 5.74) is 0.661. The number of piperidine rings is 1. The Hall–Kier alpha value is -2.33. The van der Waals surface area contributed by atoms with Crippen LogP contribution >= 0.6 is 11.3 Å². The lowest BCUT2D eigenvalue weighted by Crippen LogP contribution is -2.44. The number of alkyl halides is 3. The predicted molar refractivity (Wildman–Crippen MR) is 113 cm³/mol. The molecule has 31 heavy (non-hydrogen) atoms. The van der Waals surface area contributed by atoms with E-state index in [4.69, 9.17) is 0 Å². The third-order valence-electron chi connectivity index (χ3n) is 5.22. The van der Waals surface area contributed by atoms with Gasteiger partial charge in [0.2, 0.25) is 5.88 Å². The van der Waals surface area contributed by atoms with Crippen molar-refractivity contribution < 1.29 is 22.7 Å². The van der Waals surface area contributed by atoms with Crippen molar-refractivity contribution in [2.75, 3.05) is 26.2 Å². The predicted octanol–water partition coefficient (Wildman–Crippen LogP) is 4.36. The second kappa shape index (κ2) is 10.8. The van der Waals surface area contributed by atoms with E-state index in [0.29, 0.717) is 12.1 Å². The topological polar surface area (TPSA) is 66.5 Å². The molecule has 0 aromatic carbocycles. The highest BCUT2D eigenvalue weighted by Gasteiger charge is 2.28. The highest BCUT2D eigenvalue weighted by molar-refractivity contribution is 7.10. The van der Waals surface area contributed by atoms with Gasteiger partial charge in [-0.2, -0.15) is 13.2 Å². The van der Waals surface area contributed by atoms with Crippen LogP contribution in [-0.2, 0) is 6.54 Å². The zero-order valence-corrected chi connectivity index (χ0v) is 18.1. The van der Waals surface area contributed by atoms with Gasteiger partial charge >= 0.3 is 12.2 Å². The Morgan fingerprint density at radius 2 is 2.06 bits per heavy atom. The molecule has 2 N–H and O–H groups in total. The summed E-state index contributed by atoms with van der Waals surface area (Å²) in [5.74, 6) is 0.621. The monoisotopic (exact) mass is 456 g/mol. The van der Waals surface area contributed by atoms with Crippen molar-refractivity contribution in [1.29, 1.82) is 0 Å². The number of carbonyl (C=O) groups is 1. The number of nitrogens with zero attached hydrogens (tertiary/aromatic N) is 2. The largest absolute Gasteiger partial charge is 0.468 e. The van der Waals surface area contributed by atoms with Crippen LogP contribution in [0.2, 0.25) is 0 Å². The number of thiophene rings is 1. The van der Waals surface area contributed by atoms with Gasteiger partial charge in [0, 0.05) is 30.2 Å². The molecule has 1 aliphatic rings. The number of hydrogen-bond donors (Lipinski definition) is 2. The van der Waals surface area contributed by atoms with E-state index in [0.717, 1.165) is 31.8 Å². The minimum atomic E-state index is -4.41. The summed E-state index contributed by atoms with van der Waals surface area (Å²) in [7, 11) is 0. The third kappa shape index (κ3) is 7.70. The van der Waals surface area contributed by atoms with E-state index in [1.165, 1.54) is 17.1 Å². The second-order valence-electron chi connectivity index (χ2n) is 7.72. The minimum absolute atomic E-state index is 0.111. The lowest BCUT2D eigenvalue weighted by Gasteiger charge is -2.36. The van der Waals surface area contributed by atoms with Gasteiger partial charge < -0.3 is 15.4 Å². The minimum Gasteiger partial charge on any atom is -0.468 e. The normalized spacial score (nSPS) is 16.6. The summed E-state index contributed by atoms with van der Waals surface area (Å²) in [4.78, 5) is 19.8. The van der Waals surface area contributed by atoms with E-state index in [9.17, 15) is 18.0 Å². The molecule has 0 radical (unpaired) electrons. The molecule has 170 valence electrons. The fraction of sp³-hybridized carbons (Fsp3) is 0.524. The van der Waals surface area contributed by atoms with Gasteiger partial charge in [0.1, 0.15) is 0 Å². The molecule has 0 spiro atoms. The maximum absolute atomic E-state index is 12.3. The third-order valence-corrected chi connectivity index (χ3v) is 6.19. The van der Waals surface area contributed by atoms with Crippen LogP contribution < -0.4 is 15.4 Å². The van der Waals surface area contributed by atoms with E-state index in [1.54, 1.807) is 17.4 Å². The highest BCUT2D eigenvalue weighted by atomic mass is 32.1. The zero-order chi connectivity index (χ0) is 22.3. The fourth-order valence-electron chi connectivity index (χ4n) is 3.42. The smallest absolute Gasteiger partial charge is 0.422 e. The summed E-state index contributed by atoms with van der Waals surface area (Å²) in [5, 5.41) is 7.75. The zero-order valence-electron chi connectivity index (χ0n) is 17.3. The average molecular weight is 457 g/mol. The number of nitrogens with one attached hydrogen (secondary N) is 2. The van der Waals surface area contributed by atoms with Crippen molar-refractivity contribution in [3.8, 4) is 5.88 Å². The molecule has 0 saturated carbocycles. The van der Waals surface area contributed by atoms with Crippen molar-refractivity contribution in [3.05, 3.63) is 46.3 Å². The molecule has 0 aliphatic carbocycles. The number of aromatic nitrogens is 1. The Kier molecular flexibility index (Phi) is 8.14. The molecule has 2 aromatic rings. The molecule has 2 amide bonds. The Labute approximate surface area is 183 Å². The van der Waals surface area contributed by atoms with Crippen LogP contribution in [0.4, 0.5) is 18.0 Å². The van der Waals surface area contributed by atoms with Crippen molar-refractivity contribution in [2.24, 2.45) is 5.92 Å². The quantitative estimate of drug-likeness (QED) is 0.620. The number of urea groups is 1. The van der Waals surface area contributed by atoms with Crippen molar-refractivity contribution in [1.82, 2.24) is 20.5 Å². The number of amides is 2. The van der Waals surface area contributed by atoms with Crippen molar-refractivity contribution in [2.45, 2.75) is 38.5 Å². The van der Waals surface area contributed by atoms with E-state index >= 15 is 0 Å². The molecular formula is C21H27F3N4O2S. The first kappa shape index (κ1) is 23.3. The van der Waals surface area contributed by atoms with E-state index in [1.807, 2.05) is 11.4 Å². The van der Waals surface area contributed by atoms with Gasteiger partial charge in [0.05, 0.1) is 6.04 Å². The number of carbonyl (C=O) groups excluding carboxylic acids is 1. The molecule has 1 aliphatic heterocycles. The summed E-state index contributed by atoms with van der Waals surface area (Å²) >= 11 is 1.69. The molecule has 2 aromatic heterocycles. The van der Waals surface area contributed by atoms with E-state index in [-0.39, 0.29) is 24.5 Å². The molecule has 1 atom stereocenters. The van der Waals surface area contributed by atoms with Gasteiger partial charge in [0.15, 0.2) is 6.61 Å². The first-order valence-electron chi connectivity index (χ1n) is 10.2. The van der Waals surface area contributed by atoms with Crippen LogP contribution in [0.15, 0.2) is 35.8 Å². The van der Waals surface area contributed by atoms with Crippen molar-refractivity contribution >= 4 is 17.4 Å². The van der Waals surface area contributed by atoms with Gasteiger partial charge in [0.25, 0.3) is 0 Å². The van der Waals surface area contributed by atoms with E-state index < -0.39 is 12.8 Å². The van der Waals surface area contributed by atoms with Gasteiger partial charge in [-0.15, -0.1) is 11.3 Å². The number of rotatable bonds is 8. The molecular weight excluding hydrogens is 429 g/mol. The lowest BCUT2D eigenvalue weighted by molar-refractivity contribution is -0.154. The first-order chi connectivity index (χ1) is 14.8. The number of halogens is 3. The first-order valence-corrected chi connectivity index (χ1v) is 11.1. The van der Waals surface area contributed by atoms with Gasteiger partial charge in [-0.25, -0.2) is 9.78 Å². The Morgan fingerprint density at radius 3 is 2.68 bits per heavy atom. The van der Waals surface area contributed by atoms with E-state index in [2.05, 4.69) is 38.2 Å². The molecule has 3 rings (SSSR count). The molecule has 3 heterocycles. The van der Waals surface area contributed by atoms with Crippen LogP contribution in [0.1, 0.15) is 36.2 Å². The number of pyridine rings is 1. The number of likely N-dealkylation sites (tertiary alicyclic amines) is 1. The lowest BCUT2D eigenvalue weighted by atomic mass is 9.97. The van der Waals surface area contributed by atoms with Gasteiger partial charge in [-0.1, -0.05) is 19.1 Å². The van der Waals surface area contributed by atoms with Crippen LogP contribution in [0.3, 0.4) is 0 Å². The summed E-state index contributed by atoms with van der Waals surface area (Å²) in [6, 6.07) is 6.89. The van der Waals surface area contributed by atoms with Crippen LogP contribution in [0.25, 0.3) is 0 Å². The molecule has 1 unspecified atom stereocenters. The van der Waals surface area contributed by atoms with Gasteiger partial charge in [-0.05, 0) is 48.9 Å². The molecule has 0 bridgehead atoms. The maximum Gasteiger partial charge on any atom is 0.422 e. The van der Waals surface area contributed by atoms with Gasteiger partial charge in [-0.3, -0.25) is 4.90 Å². The summed E-state index contributed by atoms with van der Waals surface area (Å²) in [6.07, 6.45) is -0.712. The maximum atomic E-state index is 12.3. The molecule has 6 nitrogen and oxygen atoms in total. The van der Waals surface area contributed by atoms with Crippen molar-refractivity contribution in [3.63, 3.8) is 0 Å².